The number of aromatic nitrogens is 1. The zero-order valence-electron chi connectivity index (χ0n) is 10.5. The van der Waals surface area contributed by atoms with Gasteiger partial charge in [-0.25, -0.2) is 4.98 Å². The number of thiazole rings is 1. The molecule has 0 saturated carbocycles. The van der Waals surface area contributed by atoms with Crippen LogP contribution in [0.4, 0.5) is 18.9 Å². The van der Waals surface area contributed by atoms with E-state index >= 15 is 0 Å². The fourth-order valence-corrected chi connectivity index (χ4v) is 2.60. The Hall–Kier alpha value is -1.56. The molecule has 0 bridgehead atoms. The Morgan fingerprint density at radius 1 is 1.26 bits per heavy atom. The summed E-state index contributed by atoms with van der Waals surface area (Å²) in [5.41, 5.74) is 0.733. The minimum absolute atomic E-state index is 0.459. The molecule has 0 unspecified atom stereocenters. The minimum Gasteiger partial charge on any atom is -0.380 e. The summed E-state index contributed by atoms with van der Waals surface area (Å²) in [4.78, 5) is 5.32. The van der Waals surface area contributed by atoms with Gasteiger partial charge in [0.2, 0.25) is 0 Å². The van der Waals surface area contributed by atoms with Crippen molar-refractivity contribution in [1.82, 2.24) is 4.98 Å². The number of nitrogens with one attached hydrogen (secondary N) is 1. The monoisotopic (exact) mass is 286 g/mol. The maximum absolute atomic E-state index is 12.6. The molecule has 2 rings (SSSR count). The van der Waals surface area contributed by atoms with Gasteiger partial charge in [-0.1, -0.05) is 6.07 Å². The fourth-order valence-electron chi connectivity index (χ4n) is 1.73. The van der Waals surface area contributed by atoms with E-state index in [4.69, 9.17) is 0 Å². The van der Waals surface area contributed by atoms with Crippen molar-refractivity contribution in [2.45, 2.75) is 26.6 Å². The third-order valence-electron chi connectivity index (χ3n) is 2.64. The Morgan fingerprint density at radius 2 is 2.00 bits per heavy atom. The molecule has 0 spiro atoms. The second-order valence-electron chi connectivity index (χ2n) is 4.17. The van der Waals surface area contributed by atoms with Gasteiger partial charge in [-0.05, 0) is 32.0 Å². The number of hydrogen-bond acceptors (Lipinski definition) is 3. The molecule has 1 N–H and O–H groups in total. The van der Waals surface area contributed by atoms with E-state index in [2.05, 4.69) is 10.3 Å². The Balaban J connectivity index is 2.10. The van der Waals surface area contributed by atoms with Gasteiger partial charge in [0.15, 0.2) is 0 Å². The molecular formula is C13H13F3N2S. The first-order valence-corrected chi connectivity index (χ1v) is 6.52. The molecule has 0 fully saturated rings. The van der Waals surface area contributed by atoms with Crippen molar-refractivity contribution in [3.8, 4) is 0 Å². The molecule has 0 amide bonds. The Bertz CT molecular complexity index is 576. The van der Waals surface area contributed by atoms with Crippen molar-refractivity contribution < 1.29 is 13.2 Å². The lowest BCUT2D eigenvalue weighted by molar-refractivity contribution is -0.137. The molecule has 2 aromatic rings. The fraction of sp³-hybridized carbons (Fsp3) is 0.308. The molecule has 102 valence electrons. The molecule has 1 aromatic carbocycles. The summed E-state index contributed by atoms with van der Waals surface area (Å²) >= 11 is 1.55. The van der Waals surface area contributed by atoms with E-state index in [9.17, 15) is 13.2 Å². The van der Waals surface area contributed by atoms with Crippen LogP contribution in [0, 0.1) is 13.8 Å². The van der Waals surface area contributed by atoms with Crippen molar-refractivity contribution in [2.24, 2.45) is 0 Å². The van der Waals surface area contributed by atoms with Gasteiger partial charge >= 0.3 is 6.18 Å². The van der Waals surface area contributed by atoms with Crippen LogP contribution in [0.3, 0.4) is 0 Å². The lowest BCUT2D eigenvalue weighted by atomic mass is 10.2. The van der Waals surface area contributed by atoms with Crippen LogP contribution < -0.4 is 5.32 Å². The Labute approximate surface area is 113 Å². The third-order valence-corrected chi connectivity index (χ3v) is 3.72. The largest absolute Gasteiger partial charge is 0.416 e. The van der Waals surface area contributed by atoms with E-state index in [1.807, 2.05) is 13.8 Å². The standard InChI is InChI=1S/C13H13F3N2S/c1-8-12(19-9(2)18-8)7-17-11-5-3-4-10(6-11)13(14,15)16/h3-6,17H,7H2,1-2H3. The van der Waals surface area contributed by atoms with Crippen molar-refractivity contribution in [2.75, 3.05) is 5.32 Å². The molecule has 2 nitrogen and oxygen atoms in total. The van der Waals surface area contributed by atoms with E-state index < -0.39 is 11.7 Å². The molecular weight excluding hydrogens is 273 g/mol. The van der Waals surface area contributed by atoms with Gasteiger partial charge in [-0.2, -0.15) is 13.2 Å². The number of hydrogen-bond donors (Lipinski definition) is 1. The molecule has 19 heavy (non-hydrogen) atoms. The Kier molecular flexibility index (Phi) is 3.80. The number of rotatable bonds is 3. The van der Waals surface area contributed by atoms with E-state index in [0.717, 1.165) is 27.7 Å². The van der Waals surface area contributed by atoms with E-state index in [-0.39, 0.29) is 0 Å². The highest BCUT2D eigenvalue weighted by atomic mass is 32.1. The van der Waals surface area contributed by atoms with Crippen LogP contribution in [0.1, 0.15) is 21.1 Å². The first kappa shape index (κ1) is 13.9. The molecule has 6 heteroatoms. The van der Waals surface area contributed by atoms with Crippen molar-refractivity contribution >= 4 is 17.0 Å². The highest BCUT2D eigenvalue weighted by Gasteiger charge is 2.30. The van der Waals surface area contributed by atoms with Gasteiger partial charge in [-0.15, -0.1) is 11.3 Å². The predicted molar refractivity (Wildman–Crippen MR) is 70.4 cm³/mol. The summed E-state index contributed by atoms with van der Waals surface area (Å²) in [5.74, 6) is 0. The summed E-state index contributed by atoms with van der Waals surface area (Å²) < 4.78 is 37.7. The van der Waals surface area contributed by atoms with Crippen LogP contribution in [0.5, 0.6) is 0 Å². The Morgan fingerprint density at radius 3 is 2.58 bits per heavy atom. The third kappa shape index (κ3) is 3.47. The van der Waals surface area contributed by atoms with Crippen LogP contribution in [-0.4, -0.2) is 4.98 Å². The number of halogens is 3. The predicted octanol–water partition coefficient (Wildman–Crippen LogP) is 4.39. The number of aryl methyl sites for hydroxylation is 2. The van der Waals surface area contributed by atoms with Crippen LogP contribution >= 0.6 is 11.3 Å². The summed E-state index contributed by atoms with van der Waals surface area (Å²) in [6.07, 6.45) is -4.31. The zero-order valence-corrected chi connectivity index (χ0v) is 11.3. The number of anilines is 1. The molecule has 0 aliphatic heterocycles. The second kappa shape index (κ2) is 5.21. The molecule has 0 aliphatic carbocycles. The van der Waals surface area contributed by atoms with Gasteiger partial charge < -0.3 is 5.32 Å². The van der Waals surface area contributed by atoms with Gasteiger partial charge in [-0.3, -0.25) is 0 Å². The molecule has 0 aliphatic rings. The summed E-state index contributed by atoms with van der Waals surface area (Å²) in [7, 11) is 0. The van der Waals surface area contributed by atoms with Crippen LogP contribution in [0.2, 0.25) is 0 Å². The lowest BCUT2D eigenvalue weighted by Gasteiger charge is -2.10. The summed E-state index contributed by atoms with van der Waals surface area (Å²) in [5, 5.41) is 3.95. The lowest BCUT2D eigenvalue weighted by Crippen LogP contribution is -2.06. The maximum atomic E-state index is 12.6. The summed E-state index contributed by atoms with van der Waals surface area (Å²) in [6, 6.07) is 5.20. The average molecular weight is 286 g/mol. The quantitative estimate of drug-likeness (QED) is 0.905. The van der Waals surface area contributed by atoms with Crippen LogP contribution in [0.25, 0.3) is 0 Å². The van der Waals surface area contributed by atoms with Gasteiger partial charge in [0.05, 0.1) is 22.8 Å². The van der Waals surface area contributed by atoms with Gasteiger partial charge in [0, 0.05) is 10.6 Å². The highest BCUT2D eigenvalue weighted by Crippen LogP contribution is 2.30. The smallest absolute Gasteiger partial charge is 0.380 e. The van der Waals surface area contributed by atoms with E-state index in [1.54, 1.807) is 17.4 Å². The first-order chi connectivity index (χ1) is 8.86. The maximum Gasteiger partial charge on any atom is 0.416 e. The van der Waals surface area contributed by atoms with Gasteiger partial charge in [0.1, 0.15) is 0 Å². The zero-order chi connectivity index (χ0) is 14.0. The molecule has 0 atom stereocenters. The first-order valence-electron chi connectivity index (χ1n) is 5.70. The average Bonchev–Trinajstić information content (AvgIpc) is 2.64. The van der Waals surface area contributed by atoms with Gasteiger partial charge in [0.25, 0.3) is 0 Å². The number of benzene rings is 1. The van der Waals surface area contributed by atoms with Crippen LogP contribution in [0.15, 0.2) is 24.3 Å². The molecule has 1 aromatic heterocycles. The molecule has 1 heterocycles. The highest BCUT2D eigenvalue weighted by molar-refractivity contribution is 7.11. The van der Waals surface area contributed by atoms with Crippen molar-refractivity contribution in [1.29, 1.82) is 0 Å². The topological polar surface area (TPSA) is 24.9 Å². The van der Waals surface area contributed by atoms with Crippen molar-refractivity contribution in [3.63, 3.8) is 0 Å². The van der Waals surface area contributed by atoms with Crippen LogP contribution in [-0.2, 0) is 12.7 Å². The second-order valence-corrected chi connectivity index (χ2v) is 5.46. The summed E-state index contributed by atoms with van der Waals surface area (Å²) in [6.45, 7) is 4.29. The van der Waals surface area contributed by atoms with E-state index in [1.165, 1.54) is 6.07 Å². The molecule has 0 saturated heterocycles. The number of nitrogens with zero attached hydrogens (tertiary/aromatic N) is 1. The molecule has 0 radical (unpaired) electrons. The van der Waals surface area contributed by atoms with E-state index in [0.29, 0.717) is 12.2 Å². The number of alkyl halides is 3. The van der Waals surface area contributed by atoms with Crippen molar-refractivity contribution in [3.05, 3.63) is 45.4 Å². The minimum atomic E-state index is -4.31. The normalized spacial score (nSPS) is 11.6. The SMILES string of the molecule is Cc1nc(C)c(CNc2cccc(C(F)(F)F)c2)s1.